The third-order valence-corrected chi connectivity index (χ3v) is 6.88. The molecule has 2 aliphatic rings. The Balaban J connectivity index is 0.00000231. The lowest BCUT2D eigenvalue weighted by Gasteiger charge is -2.53. The molecule has 0 N–H and O–H groups in total. The molecule has 2 aromatic heterocycles. The quantitative estimate of drug-likeness (QED) is 0.579. The highest BCUT2D eigenvalue weighted by Crippen LogP contribution is 2.49. The third-order valence-electron chi connectivity index (χ3n) is 6.88. The maximum absolute atomic E-state index is 12.4. The number of halogens is 1. The van der Waals surface area contributed by atoms with Crippen molar-refractivity contribution in [3.05, 3.63) is 65.6 Å². The van der Waals surface area contributed by atoms with Gasteiger partial charge in [0.05, 0.1) is 12.2 Å². The number of piperidine rings is 1. The molecule has 164 valence electrons. The summed E-state index contributed by atoms with van der Waals surface area (Å²) >= 11 is 0. The van der Waals surface area contributed by atoms with E-state index in [9.17, 15) is 4.79 Å². The van der Waals surface area contributed by atoms with Gasteiger partial charge in [0.15, 0.2) is 0 Å². The van der Waals surface area contributed by atoms with Crippen LogP contribution in [0.2, 0.25) is 0 Å². The molecule has 5 rings (SSSR count). The summed E-state index contributed by atoms with van der Waals surface area (Å²) in [7, 11) is 6.08. The summed E-state index contributed by atoms with van der Waals surface area (Å²) in [5.74, 6) is -0.136. The van der Waals surface area contributed by atoms with Crippen molar-refractivity contribution in [2.24, 2.45) is 13.0 Å². The van der Waals surface area contributed by atoms with Crippen LogP contribution in [0.3, 0.4) is 0 Å². The normalized spacial score (nSPS) is 25.0. The zero-order valence-corrected chi connectivity index (χ0v) is 18.9. The monoisotopic (exact) mass is 441 g/mol. The van der Waals surface area contributed by atoms with Gasteiger partial charge in [-0.1, -0.05) is 12.1 Å². The van der Waals surface area contributed by atoms with Crippen molar-refractivity contribution in [3.63, 3.8) is 0 Å². The van der Waals surface area contributed by atoms with Gasteiger partial charge in [0.1, 0.15) is 5.60 Å². The molecule has 0 saturated carbocycles. The molecule has 6 nitrogen and oxygen atoms in total. The minimum Gasteiger partial charge on any atom is -0.462 e. The number of rotatable bonds is 4. The number of hydrogen-bond acceptors (Lipinski definition) is 5. The van der Waals surface area contributed by atoms with Crippen molar-refractivity contribution in [1.29, 1.82) is 0 Å². The van der Waals surface area contributed by atoms with E-state index >= 15 is 0 Å². The molecular formula is C24H28ClN3O3. The first-order valence-corrected chi connectivity index (χ1v) is 10.4. The van der Waals surface area contributed by atoms with Gasteiger partial charge in [-0.2, -0.15) is 0 Å². The topological polar surface area (TPSA) is 56.6 Å². The number of nitrogens with zero attached hydrogens (tertiary/aromatic N) is 3. The van der Waals surface area contributed by atoms with Gasteiger partial charge in [-0.05, 0) is 49.2 Å². The standard InChI is InChI=1S/C24H27N3O3.ClH/c1-26-14-18-10-21-24(29-3,19-7-4-8-20(26)22(18)19)11-16(13-27(21)2)15-30-23(28)17-6-5-9-25-12-17;/h4-9,12,14,16,21H,10-11,13,15H2,1-3H3;1H/t16-,21-,24+;/m1./s1. The van der Waals surface area contributed by atoms with Gasteiger partial charge in [0.25, 0.3) is 0 Å². The number of likely N-dealkylation sites (N-methyl/N-ethyl adjacent to an activating group) is 1. The van der Waals surface area contributed by atoms with Crippen LogP contribution < -0.4 is 0 Å². The summed E-state index contributed by atoms with van der Waals surface area (Å²) in [4.78, 5) is 18.8. The second-order valence-corrected chi connectivity index (χ2v) is 8.63. The van der Waals surface area contributed by atoms with Gasteiger partial charge < -0.3 is 14.0 Å². The number of aryl methyl sites for hydroxylation is 1. The first-order valence-electron chi connectivity index (χ1n) is 10.4. The molecule has 0 radical (unpaired) electrons. The summed E-state index contributed by atoms with van der Waals surface area (Å²) in [6.07, 6.45) is 7.23. The average molecular weight is 442 g/mol. The summed E-state index contributed by atoms with van der Waals surface area (Å²) in [6.45, 7) is 1.24. The number of hydrogen-bond donors (Lipinski definition) is 0. The Labute approximate surface area is 188 Å². The highest BCUT2D eigenvalue weighted by atomic mass is 35.5. The second-order valence-electron chi connectivity index (χ2n) is 8.63. The average Bonchev–Trinajstić information content (AvgIpc) is 3.10. The molecular weight excluding hydrogens is 414 g/mol. The fourth-order valence-electron chi connectivity index (χ4n) is 5.59. The van der Waals surface area contributed by atoms with E-state index in [0.717, 1.165) is 19.4 Å². The number of ether oxygens (including phenoxy) is 2. The van der Waals surface area contributed by atoms with Gasteiger partial charge in [-0.15, -0.1) is 12.4 Å². The van der Waals surface area contributed by atoms with Crippen LogP contribution in [0.4, 0.5) is 0 Å². The van der Waals surface area contributed by atoms with E-state index in [4.69, 9.17) is 9.47 Å². The Kier molecular flexibility index (Phi) is 5.81. The van der Waals surface area contributed by atoms with Gasteiger partial charge >= 0.3 is 5.97 Å². The SMILES string of the molecule is CO[C@]12C[C@@H](COC(=O)c3cccnc3)CN(C)[C@@H]1Cc1cn(C)c3cccc2c13.Cl. The molecule has 1 saturated heterocycles. The molecule has 0 bridgehead atoms. The van der Waals surface area contributed by atoms with E-state index < -0.39 is 5.60 Å². The number of carbonyl (C=O) groups is 1. The van der Waals surface area contributed by atoms with E-state index in [2.05, 4.69) is 52.9 Å². The first-order chi connectivity index (χ1) is 14.5. The smallest absolute Gasteiger partial charge is 0.339 e. The highest BCUT2D eigenvalue weighted by Gasteiger charge is 2.51. The molecule has 7 heteroatoms. The van der Waals surface area contributed by atoms with E-state index in [1.165, 1.54) is 22.0 Å². The van der Waals surface area contributed by atoms with Crippen LogP contribution in [0.1, 0.15) is 27.9 Å². The van der Waals surface area contributed by atoms with E-state index in [1.54, 1.807) is 24.5 Å². The Hall–Kier alpha value is -2.41. The lowest BCUT2D eigenvalue weighted by molar-refractivity contribution is -0.131. The molecule has 3 atom stereocenters. The maximum atomic E-state index is 12.4. The summed E-state index contributed by atoms with van der Waals surface area (Å²) in [5.41, 5.74) is 3.95. The van der Waals surface area contributed by atoms with Crippen molar-refractivity contribution in [2.45, 2.75) is 24.5 Å². The lowest BCUT2D eigenvalue weighted by Crippen LogP contribution is -2.59. The maximum Gasteiger partial charge on any atom is 0.339 e. The van der Waals surface area contributed by atoms with E-state index in [0.29, 0.717) is 12.2 Å². The predicted octanol–water partition coefficient (Wildman–Crippen LogP) is 3.57. The van der Waals surface area contributed by atoms with Crippen LogP contribution >= 0.6 is 12.4 Å². The predicted molar refractivity (Wildman–Crippen MR) is 122 cm³/mol. The van der Waals surface area contributed by atoms with Crippen molar-refractivity contribution < 1.29 is 14.3 Å². The Bertz CT molecular complexity index is 1100. The molecule has 1 aliphatic heterocycles. The molecule has 0 unspecified atom stereocenters. The first kappa shape index (κ1) is 21.8. The van der Waals surface area contributed by atoms with Gasteiger partial charge in [-0.3, -0.25) is 9.88 Å². The summed E-state index contributed by atoms with van der Waals surface area (Å²) in [5, 5.41) is 1.32. The number of fused-ring (bicyclic) bond motifs is 2. The van der Waals surface area contributed by atoms with Crippen molar-refractivity contribution in [1.82, 2.24) is 14.5 Å². The lowest BCUT2D eigenvalue weighted by atomic mass is 9.69. The van der Waals surface area contributed by atoms with Crippen LogP contribution in [0.5, 0.6) is 0 Å². The number of likely N-dealkylation sites (tertiary alicyclic amines) is 1. The van der Waals surface area contributed by atoms with Crippen LogP contribution in [-0.2, 0) is 28.5 Å². The molecule has 1 fully saturated rings. The van der Waals surface area contributed by atoms with Gasteiger partial charge in [-0.25, -0.2) is 4.79 Å². The van der Waals surface area contributed by atoms with Crippen LogP contribution in [0.15, 0.2) is 48.9 Å². The Morgan fingerprint density at radius 3 is 2.84 bits per heavy atom. The molecule has 1 aliphatic carbocycles. The molecule has 0 spiro atoms. The minimum atomic E-state index is -0.410. The zero-order valence-electron chi connectivity index (χ0n) is 18.1. The van der Waals surface area contributed by atoms with Crippen LogP contribution in [0, 0.1) is 5.92 Å². The van der Waals surface area contributed by atoms with Crippen LogP contribution in [0.25, 0.3) is 10.9 Å². The number of methoxy groups -OCH3 is 1. The molecule has 1 aromatic carbocycles. The number of aromatic nitrogens is 2. The Morgan fingerprint density at radius 1 is 1.26 bits per heavy atom. The van der Waals surface area contributed by atoms with Crippen LogP contribution in [-0.4, -0.2) is 53.8 Å². The second kappa shape index (κ2) is 8.26. The van der Waals surface area contributed by atoms with E-state index in [-0.39, 0.29) is 30.3 Å². The van der Waals surface area contributed by atoms with Crippen molar-refractivity contribution in [3.8, 4) is 0 Å². The largest absolute Gasteiger partial charge is 0.462 e. The third kappa shape index (κ3) is 3.43. The fraction of sp³-hybridized carbons (Fsp3) is 0.417. The number of pyridine rings is 1. The number of carbonyl (C=O) groups excluding carboxylic acids is 1. The minimum absolute atomic E-state index is 0. The molecule has 3 heterocycles. The summed E-state index contributed by atoms with van der Waals surface area (Å²) < 4.78 is 14.2. The number of esters is 1. The fourth-order valence-corrected chi connectivity index (χ4v) is 5.59. The Morgan fingerprint density at radius 2 is 2.10 bits per heavy atom. The van der Waals surface area contributed by atoms with Crippen molar-refractivity contribution in [2.75, 3.05) is 27.3 Å². The summed E-state index contributed by atoms with van der Waals surface area (Å²) in [6, 6.07) is 10.2. The molecule has 3 aromatic rings. The van der Waals surface area contributed by atoms with Gasteiger partial charge in [0.2, 0.25) is 0 Å². The van der Waals surface area contributed by atoms with E-state index in [1.807, 2.05) is 7.11 Å². The highest BCUT2D eigenvalue weighted by molar-refractivity contribution is 5.90. The van der Waals surface area contributed by atoms with Crippen molar-refractivity contribution >= 4 is 29.3 Å². The molecule has 31 heavy (non-hydrogen) atoms. The zero-order chi connectivity index (χ0) is 20.9. The number of benzene rings is 1. The van der Waals surface area contributed by atoms with Gasteiger partial charge in [0, 0.05) is 62.2 Å². The molecule has 0 amide bonds.